The van der Waals surface area contributed by atoms with Crippen molar-refractivity contribution < 1.29 is 19.8 Å². The van der Waals surface area contributed by atoms with Gasteiger partial charge in [0.05, 0.1) is 0 Å². The Morgan fingerprint density at radius 3 is 2.63 bits per heavy atom. The molecule has 1 saturated heterocycles. The minimum absolute atomic E-state index is 0.230. The fourth-order valence-electron chi connectivity index (χ4n) is 2.87. The summed E-state index contributed by atoms with van der Waals surface area (Å²) in [5.41, 5.74) is -3.85. The zero-order valence-electron chi connectivity index (χ0n) is 10.4. The SMILES string of the molecule is CCCN1C(=O)N[C@@]2(O)C(=O)c3ccccc3[C@]12O. The molecule has 1 fully saturated rings. The van der Waals surface area contributed by atoms with Gasteiger partial charge in [0.25, 0.3) is 5.72 Å². The van der Waals surface area contributed by atoms with Gasteiger partial charge < -0.3 is 10.2 Å². The molecule has 1 aromatic carbocycles. The van der Waals surface area contributed by atoms with Gasteiger partial charge in [-0.2, -0.15) is 0 Å². The summed E-state index contributed by atoms with van der Waals surface area (Å²) in [6.45, 7) is 2.09. The predicted octanol–water partition coefficient (Wildman–Crippen LogP) is 0.152. The molecule has 100 valence electrons. The number of Topliss-reactive ketones (excluding diaryl/α,β-unsaturated/α-hetero) is 1. The first-order chi connectivity index (χ1) is 8.96. The van der Waals surface area contributed by atoms with Crippen molar-refractivity contribution in [2.75, 3.05) is 6.54 Å². The van der Waals surface area contributed by atoms with Gasteiger partial charge in [0.1, 0.15) is 0 Å². The second kappa shape index (κ2) is 3.55. The number of nitrogens with one attached hydrogen (secondary N) is 1. The molecule has 0 aromatic heterocycles. The van der Waals surface area contributed by atoms with Gasteiger partial charge in [-0.25, -0.2) is 4.79 Å². The monoisotopic (exact) mass is 262 g/mol. The number of carbonyl (C=O) groups is 2. The second-order valence-electron chi connectivity index (χ2n) is 4.84. The van der Waals surface area contributed by atoms with E-state index in [2.05, 4.69) is 5.32 Å². The number of ketones is 1. The van der Waals surface area contributed by atoms with E-state index in [-0.39, 0.29) is 17.7 Å². The number of hydrogen-bond acceptors (Lipinski definition) is 4. The van der Waals surface area contributed by atoms with E-state index in [1.54, 1.807) is 18.2 Å². The predicted molar refractivity (Wildman–Crippen MR) is 65.1 cm³/mol. The van der Waals surface area contributed by atoms with Gasteiger partial charge in [-0.3, -0.25) is 15.0 Å². The number of aliphatic hydroxyl groups is 2. The summed E-state index contributed by atoms with van der Waals surface area (Å²) < 4.78 is 0. The first-order valence-electron chi connectivity index (χ1n) is 6.15. The highest BCUT2D eigenvalue weighted by Crippen LogP contribution is 2.48. The summed E-state index contributed by atoms with van der Waals surface area (Å²) in [7, 11) is 0. The molecule has 1 aromatic rings. The number of amides is 2. The summed E-state index contributed by atoms with van der Waals surface area (Å²) in [6.07, 6.45) is 0.599. The Morgan fingerprint density at radius 1 is 1.26 bits per heavy atom. The molecule has 1 aliphatic carbocycles. The van der Waals surface area contributed by atoms with E-state index >= 15 is 0 Å². The minimum Gasteiger partial charge on any atom is -0.362 e. The summed E-state index contributed by atoms with van der Waals surface area (Å²) >= 11 is 0. The molecule has 0 radical (unpaired) electrons. The van der Waals surface area contributed by atoms with Gasteiger partial charge in [-0.1, -0.05) is 31.2 Å². The summed E-state index contributed by atoms with van der Waals surface area (Å²) in [6, 6.07) is 5.74. The normalized spacial score (nSPS) is 32.3. The molecule has 0 saturated carbocycles. The molecular formula is C13H14N2O4. The van der Waals surface area contributed by atoms with Crippen LogP contribution in [-0.2, 0) is 5.72 Å². The van der Waals surface area contributed by atoms with E-state index in [1.807, 2.05) is 6.92 Å². The van der Waals surface area contributed by atoms with Gasteiger partial charge in [0.15, 0.2) is 0 Å². The Hall–Kier alpha value is -1.92. The van der Waals surface area contributed by atoms with Crippen molar-refractivity contribution in [2.24, 2.45) is 0 Å². The maximum Gasteiger partial charge on any atom is 0.322 e. The average Bonchev–Trinajstić information content (AvgIpc) is 2.69. The Morgan fingerprint density at radius 2 is 1.95 bits per heavy atom. The van der Waals surface area contributed by atoms with Crippen molar-refractivity contribution in [3.8, 4) is 0 Å². The summed E-state index contributed by atoms with van der Waals surface area (Å²) in [4.78, 5) is 25.2. The minimum atomic E-state index is -2.30. The lowest BCUT2D eigenvalue weighted by atomic mass is 9.99. The van der Waals surface area contributed by atoms with Crippen LogP contribution in [0.4, 0.5) is 4.79 Å². The highest BCUT2D eigenvalue weighted by atomic mass is 16.4. The van der Waals surface area contributed by atoms with Crippen LogP contribution in [0.25, 0.3) is 0 Å². The molecular weight excluding hydrogens is 248 g/mol. The lowest BCUT2D eigenvalue weighted by Crippen LogP contribution is -2.59. The van der Waals surface area contributed by atoms with E-state index < -0.39 is 23.3 Å². The number of rotatable bonds is 2. The summed E-state index contributed by atoms with van der Waals surface area (Å²) in [5, 5.41) is 23.5. The number of hydrogen-bond donors (Lipinski definition) is 3. The molecule has 6 nitrogen and oxygen atoms in total. The van der Waals surface area contributed by atoms with E-state index in [1.165, 1.54) is 6.07 Å². The molecule has 2 aliphatic rings. The van der Waals surface area contributed by atoms with E-state index in [0.29, 0.717) is 6.42 Å². The fraction of sp³-hybridized carbons (Fsp3) is 0.385. The zero-order valence-corrected chi connectivity index (χ0v) is 10.4. The number of carbonyl (C=O) groups excluding carboxylic acids is 2. The van der Waals surface area contributed by atoms with Crippen LogP contribution in [0.2, 0.25) is 0 Å². The van der Waals surface area contributed by atoms with Gasteiger partial charge in [0, 0.05) is 17.7 Å². The second-order valence-corrected chi connectivity index (χ2v) is 4.84. The van der Waals surface area contributed by atoms with E-state index in [4.69, 9.17) is 0 Å². The Labute approximate surface area is 109 Å². The summed E-state index contributed by atoms with van der Waals surface area (Å²) in [5.74, 6) is -0.683. The third kappa shape index (κ3) is 1.18. The Kier molecular flexibility index (Phi) is 2.27. The Balaban J connectivity index is 2.25. The molecule has 1 heterocycles. The van der Waals surface area contributed by atoms with Crippen LogP contribution in [0.1, 0.15) is 29.3 Å². The first kappa shape index (κ1) is 12.1. The zero-order chi connectivity index (χ0) is 13.8. The maximum absolute atomic E-state index is 12.2. The highest BCUT2D eigenvalue weighted by Gasteiger charge is 2.71. The molecule has 2 amide bonds. The van der Waals surface area contributed by atoms with Gasteiger partial charge in [-0.05, 0) is 6.42 Å². The average molecular weight is 262 g/mol. The molecule has 0 bridgehead atoms. The van der Waals surface area contributed by atoms with Crippen LogP contribution in [0.5, 0.6) is 0 Å². The van der Waals surface area contributed by atoms with E-state index in [9.17, 15) is 19.8 Å². The van der Waals surface area contributed by atoms with Gasteiger partial charge in [0.2, 0.25) is 11.5 Å². The number of nitrogens with zero attached hydrogens (tertiary/aromatic N) is 1. The maximum atomic E-state index is 12.2. The molecule has 0 unspecified atom stereocenters. The quantitative estimate of drug-likeness (QED) is 0.707. The van der Waals surface area contributed by atoms with Crippen molar-refractivity contribution in [3.05, 3.63) is 35.4 Å². The standard InChI is InChI=1S/C13H14N2O4/c1-2-7-15-11(17)14-12(18)10(16)8-5-3-4-6-9(8)13(12,15)19/h3-6,18-19H,2,7H2,1H3,(H,14,17)/t12-,13-/m1/s1. The molecule has 3 rings (SSSR count). The van der Waals surface area contributed by atoms with Gasteiger partial charge in [-0.15, -0.1) is 0 Å². The smallest absolute Gasteiger partial charge is 0.322 e. The third-order valence-corrected chi connectivity index (χ3v) is 3.75. The molecule has 6 heteroatoms. The fourth-order valence-corrected chi connectivity index (χ4v) is 2.87. The number of urea groups is 1. The lowest BCUT2D eigenvalue weighted by molar-refractivity contribution is -0.174. The molecule has 19 heavy (non-hydrogen) atoms. The molecule has 1 aliphatic heterocycles. The molecule has 2 atom stereocenters. The van der Waals surface area contributed by atoms with Crippen LogP contribution < -0.4 is 5.32 Å². The lowest BCUT2D eigenvalue weighted by Gasteiger charge is -2.34. The first-order valence-corrected chi connectivity index (χ1v) is 6.15. The van der Waals surface area contributed by atoms with Crippen LogP contribution >= 0.6 is 0 Å². The molecule has 0 spiro atoms. The Bertz CT molecular complexity index is 588. The number of benzene rings is 1. The third-order valence-electron chi connectivity index (χ3n) is 3.75. The molecule has 3 N–H and O–H groups in total. The van der Waals surface area contributed by atoms with Crippen LogP contribution in [0, 0.1) is 0 Å². The largest absolute Gasteiger partial charge is 0.362 e. The topological polar surface area (TPSA) is 89.9 Å². The highest BCUT2D eigenvalue weighted by molar-refractivity contribution is 6.11. The van der Waals surface area contributed by atoms with E-state index in [0.717, 1.165) is 4.90 Å². The van der Waals surface area contributed by atoms with Crippen molar-refractivity contribution in [1.29, 1.82) is 0 Å². The number of fused-ring (bicyclic) bond motifs is 3. The van der Waals surface area contributed by atoms with Crippen LogP contribution in [-0.4, -0.2) is 39.2 Å². The van der Waals surface area contributed by atoms with Crippen molar-refractivity contribution >= 4 is 11.8 Å². The van der Waals surface area contributed by atoms with Crippen LogP contribution in [0.15, 0.2) is 24.3 Å². The van der Waals surface area contributed by atoms with Gasteiger partial charge >= 0.3 is 6.03 Å². The van der Waals surface area contributed by atoms with Crippen molar-refractivity contribution in [2.45, 2.75) is 24.8 Å². The van der Waals surface area contributed by atoms with Crippen molar-refractivity contribution in [3.63, 3.8) is 0 Å². The van der Waals surface area contributed by atoms with Crippen molar-refractivity contribution in [1.82, 2.24) is 10.2 Å². The van der Waals surface area contributed by atoms with Crippen LogP contribution in [0.3, 0.4) is 0 Å².